The van der Waals surface area contributed by atoms with E-state index in [1.165, 1.54) is 0 Å². The van der Waals surface area contributed by atoms with E-state index in [-0.39, 0.29) is 17.6 Å². The van der Waals surface area contributed by atoms with Crippen LogP contribution in [0.25, 0.3) is 0 Å². The lowest BCUT2D eigenvalue weighted by molar-refractivity contribution is 0.102. The Hall–Kier alpha value is -2.48. The molecule has 0 radical (unpaired) electrons. The van der Waals surface area contributed by atoms with Gasteiger partial charge in [0.25, 0.3) is 5.91 Å². The number of ether oxygens (including phenoxy) is 1. The van der Waals surface area contributed by atoms with Crippen LogP contribution in [0.1, 0.15) is 23.5 Å². The number of anilines is 1. The maximum absolute atomic E-state index is 12.2. The maximum Gasteiger partial charge on any atom is 0.277 e. The van der Waals surface area contributed by atoms with Crippen molar-refractivity contribution >= 4 is 11.6 Å². The van der Waals surface area contributed by atoms with Crippen LogP contribution in [0.4, 0.5) is 5.69 Å². The van der Waals surface area contributed by atoms with Crippen LogP contribution < -0.4 is 15.4 Å². The Morgan fingerprint density at radius 3 is 3.14 bits per heavy atom. The van der Waals surface area contributed by atoms with E-state index >= 15 is 0 Å². The lowest BCUT2D eigenvalue weighted by Crippen LogP contribution is -2.43. The second-order valence-electron chi connectivity index (χ2n) is 4.64. The van der Waals surface area contributed by atoms with Gasteiger partial charge in [-0.25, -0.2) is 9.67 Å². The molecule has 0 spiro atoms. The summed E-state index contributed by atoms with van der Waals surface area (Å²) in [5.41, 5.74) is 0.789. The van der Waals surface area contributed by atoms with Gasteiger partial charge in [-0.2, -0.15) is 0 Å². The fourth-order valence-electron chi connectivity index (χ4n) is 1.94. The summed E-state index contributed by atoms with van der Waals surface area (Å²) < 4.78 is 7.07. The van der Waals surface area contributed by atoms with Gasteiger partial charge in [-0.1, -0.05) is 5.21 Å². The summed E-state index contributed by atoms with van der Waals surface area (Å²) in [6.07, 6.45) is 3.26. The van der Waals surface area contributed by atoms with E-state index < -0.39 is 0 Å². The predicted octanol–water partition coefficient (Wildman–Crippen LogP) is 0.468. The van der Waals surface area contributed by atoms with Gasteiger partial charge in [-0.15, -0.1) is 5.10 Å². The third-order valence-electron chi connectivity index (χ3n) is 3.18. The average molecular weight is 288 g/mol. The van der Waals surface area contributed by atoms with Crippen molar-refractivity contribution in [3.05, 3.63) is 30.2 Å². The molecular weight excluding hydrogens is 272 g/mol. The number of rotatable bonds is 5. The molecular formula is C13H16N6O2. The summed E-state index contributed by atoms with van der Waals surface area (Å²) in [6.45, 7) is 4.03. The van der Waals surface area contributed by atoms with Gasteiger partial charge in [-0.05, 0) is 19.1 Å². The molecule has 0 atom stereocenters. The van der Waals surface area contributed by atoms with E-state index in [4.69, 9.17) is 4.74 Å². The van der Waals surface area contributed by atoms with Gasteiger partial charge in [0.15, 0.2) is 5.69 Å². The topological polar surface area (TPSA) is 94.0 Å². The summed E-state index contributed by atoms with van der Waals surface area (Å²) in [5, 5.41) is 13.8. The second-order valence-corrected chi connectivity index (χ2v) is 4.64. The van der Waals surface area contributed by atoms with E-state index in [1.807, 2.05) is 6.92 Å². The Bertz CT molecular complexity index is 637. The lowest BCUT2D eigenvalue weighted by Gasteiger charge is -2.26. The fourth-order valence-corrected chi connectivity index (χ4v) is 1.94. The molecule has 1 fully saturated rings. The Morgan fingerprint density at radius 2 is 2.43 bits per heavy atom. The van der Waals surface area contributed by atoms with Crippen molar-refractivity contribution in [2.45, 2.75) is 13.0 Å². The van der Waals surface area contributed by atoms with Crippen molar-refractivity contribution in [1.82, 2.24) is 25.3 Å². The van der Waals surface area contributed by atoms with Crippen molar-refractivity contribution in [2.24, 2.45) is 0 Å². The number of hydrogen-bond acceptors (Lipinski definition) is 6. The first kappa shape index (κ1) is 13.5. The molecule has 2 aromatic heterocycles. The molecule has 21 heavy (non-hydrogen) atoms. The molecule has 0 aliphatic carbocycles. The zero-order valence-corrected chi connectivity index (χ0v) is 11.6. The van der Waals surface area contributed by atoms with E-state index in [2.05, 4.69) is 25.9 Å². The fraction of sp³-hybridized carbons (Fsp3) is 0.385. The number of aromatic nitrogens is 4. The first-order chi connectivity index (χ1) is 10.3. The Kier molecular flexibility index (Phi) is 3.78. The molecule has 3 rings (SSSR count). The number of amides is 1. The third-order valence-corrected chi connectivity index (χ3v) is 3.18. The van der Waals surface area contributed by atoms with Crippen LogP contribution in [0.15, 0.2) is 24.5 Å². The zero-order chi connectivity index (χ0) is 14.7. The van der Waals surface area contributed by atoms with Crippen LogP contribution in [-0.2, 0) is 0 Å². The Balaban J connectivity index is 1.72. The van der Waals surface area contributed by atoms with Crippen molar-refractivity contribution in [3.63, 3.8) is 0 Å². The van der Waals surface area contributed by atoms with E-state index in [0.717, 1.165) is 13.1 Å². The number of pyridine rings is 1. The molecule has 1 aliphatic heterocycles. The first-order valence-corrected chi connectivity index (χ1v) is 6.79. The van der Waals surface area contributed by atoms with Gasteiger partial charge in [0.05, 0.1) is 18.8 Å². The molecule has 1 saturated heterocycles. The smallest absolute Gasteiger partial charge is 0.277 e. The Morgan fingerprint density at radius 1 is 1.57 bits per heavy atom. The van der Waals surface area contributed by atoms with E-state index in [9.17, 15) is 4.79 Å². The van der Waals surface area contributed by atoms with Crippen LogP contribution in [0, 0.1) is 0 Å². The third kappa shape index (κ3) is 2.84. The lowest BCUT2D eigenvalue weighted by atomic mass is 10.2. The highest BCUT2D eigenvalue weighted by Crippen LogP contribution is 2.21. The number of hydrogen-bond donors (Lipinski definition) is 2. The molecule has 0 aromatic carbocycles. The predicted molar refractivity (Wildman–Crippen MR) is 75.3 cm³/mol. The maximum atomic E-state index is 12.2. The molecule has 110 valence electrons. The molecule has 3 heterocycles. The molecule has 0 saturated carbocycles. The largest absolute Gasteiger partial charge is 0.476 e. The standard InChI is InChI=1S/C13H16N6O2/c1-2-21-13-10(4-3-5-15-13)16-12(20)11-8-19(18-17-11)9-6-14-7-9/h3-5,8-9,14H,2,6-7H2,1H3,(H,16,20). The number of nitrogens with one attached hydrogen (secondary N) is 2. The van der Waals surface area contributed by atoms with Crippen molar-refractivity contribution < 1.29 is 9.53 Å². The van der Waals surface area contributed by atoms with Crippen LogP contribution in [0.3, 0.4) is 0 Å². The average Bonchev–Trinajstić information content (AvgIpc) is 2.89. The SMILES string of the molecule is CCOc1ncccc1NC(=O)c1cn(C2CNC2)nn1. The van der Waals surface area contributed by atoms with Gasteiger partial charge >= 0.3 is 0 Å². The zero-order valence-electron chi connectivity index (χ0n) is 11.6. The molecule has 2 aromatic rings. The highest BCUT2D eigenvalue weighted by Gasteiger charge is 2.22. The minimum Gasteiger partial charge on any atom is -0.476 e. The number of nitrogens with zero attached hydrogens (tertiary/aromatic N) is 4. The van der Waals surface area contributed by atoms with Crippen LogP contribution in [-0.4, -0.2) is 45.6 Å². The van der Waals surface area contributed by atoms with E-state index in [0.29, 0.717) is 18.2 Å². The quantitative estimate of drug-likeness (QED) is 0.830. The molecule has 8 heteroatoms. The second kappa shape index (κ2) is 5.88. The van der Waals surface area contributed by atoms with Crippen molar-refractivity contribution in [2.75, 3.05) is 25.0 Å². The van der Waals surface area contributed by atoms with E-state index in [1.54, 1.807) is 29.2 Å². The van der Waals surface area contributed by atoms with Gasteiger partial charge in [0.2, 0.25) is 5.88 Å². The van der Waals surface area contributed by atoms with Crippen molar-refractivity contribution in [3.8, 4) is 5.88 Å². The molecule has 0 unspecified atom stereocenters. The highest BCUT2D eigenvalue weighted by atomic mass is 16.5. The number of carbonyl (C=O) groups is 1. The molecule has 1 amide bonds. The number of carbonyl (C=O) groups excluding carboxylic acids is 1. The normalized spacial score (nSPS) is 14.5. The summed E-state index contributed by atoms with van der Waals surface area (Å²) >= 11 is 0. The first-order valence-electron chi connectivity index (χ1n) is 6.79. The molecule has 2 N–H and O–H groups in total. The summed E-state index contributed by atoms with van der Waals surface area (Å²) in [5.74, 6) is 0.0615. The summed E-state index contributed by atoms with van der Waals surface area (Å²) in [7, 11) is 0. The van der Waals surface area contributed by atoms with Gasteiger partial charge in [0.1, 0.15) is 5.69 Å². The minimum absolute atomic E-state index is 0.271. The monoisotopic (exact) mass is 288 g/mol. The van der Waals surface area contributed by atoms with Crippen LogP contribution in [0.5, 0.6) is 5.88 Å². The minimum atomic E-state index is -0.331. The Labute approximate surface area is 121 Å². The molecule has 8 nitrogen and oxygen atoms in total. The molecule has 1 aliphatic rings. The van der Waals surface area contributed by atoms with Gasteiger partial charge in [0, 0.05) is 19.3 Å². The van der Waals surface area contributed by atoms with Gasteiger partial charge < -0.3 is 15.4 Å². The van der Waals surface area contributed by atoms with Crippen LogP contribution >= 0.6 is 0 Å². The van der Waals surface area contributed by atoms with Crippen LogP contribution in [0.2, 0.25) is 0 Å². The van der Waals surface area contributed by atoms with Gasteiger partial charge in [-0.3, -0.25) is 4.79 Å². The highest BCUT2D eigenvalue weighted by molar-refractivity contribution is 6.03. The molecule has 0 bridgehead atoms. The van der Waals surface area contributed by atoms with Crippen molar-refractivity contribution in [1.29, 1.82) is 0 Å². The summed E-state index contributed by atoms with van der Waals surface area (Å²) in [6, 6.07) is 3.74. The summed E-state index contributed by atoms with van der Waals surface area (Å²) in [4.78, 5) is 16.3.